The molecule has 0 unspecified atom stereocenters. The Labute approximate surface area is 213 Å². The van der Waals surface area contributed by atoms with Gasteiger partial charge < -0.3 is 9.88 Å². The average Bonchev–Trinajstić information content (AvgIpc) is 3.39. The van der Waals surface area contributed by atoms with E-state index in [2.05, 4.69) is 22.4 Å². The molecule has 4 aromatic rings. The molecular weight excluding hydrogens is 473 g/mol. The minimum atomic E-state index is -0.377. The Morgan fingerprint density at radius 2 is 1.86 bits per heavy atom. The molecule has 180 valence electrons. The fourth-order valence-corrected chi connectivity index (χ4v) is 5.06. The third kappa shape index (κ3) is 4.64. The molecule has 2 aromatic heterocycles. The quantitative estimate of drug-likeness (QED) is 0.369. The summed E-state index contributed by atoms with van der Waals surface area (Å²) in [5, 5.41) is 21.9. The number of hydrogen-bond acceptors (Lipinski definition) is 5. The molecule has 0 spiro atoms. The van der Waals surface area contributed by atoms with Crippen molar-refractivity contribution in [3.05, 3.63) is 97.5 Å². The highest BCUT2D eigenvalue weighted by Crippen LogP contribution is 2.33. The summed E-state index contributed by atoms with van der Waals surface area (Å²) in [7, 11) is 0. The van der Waals surface area contributed by atoms with Crippen LogP contribution in [-0.4, -0.2) is 15.5 Å². The molecule has 0 bridgehead atoms. The molecule has 0 aliphatic rings. The molecule has 6 nitrogen and oxygen atoms in total. The van der Waals surface area contributed by atoms with E-state index in [9.17, 15) is 15.3 Å². The molecule has 0 fully saturated rings. The molecule has 0 aliphatic heterocycles. The Hall–Kier alpha value is -4.27. The van der Waals surface area contributed by atoms with Gasteiger partial charge in [-0.25, -0.2) is 9.37 Å². The molecule has 4 rings (SSSR count). The van der Waals surface area contributed by atoms with Crippen molar-refractivity contribution in [3.8, 4) is 23.3 Å². The fourth-order valence-electron chi connectivity index (χ4n) is 4.34. The van der Waals surface area contributed by atoms with E-state index in [1.165, 1.54) is 17.4 Å². The van der Waals surface area contributed by atoms with E-state index < -0.39 is 0 Å². The van der Waals surface area contributed by atoms with Crippen molar-refractivity contribution >= 4 is 17.2 Å². The molecule has 0 saturated heterocycles. The van der Waals surface area contributed by atoms with Crippen molar-refractivity contribution in [1.29, 1.82) is 10.5 Å². The van der Waals surface area contributed by atoms with Crippen molar-refractivity contribution in [2.24, 2.45) is 0 Å². The maximum absolute atomic E-state index is 15.1. The number of carbonyl (C=O) groups is 1. The predicted octanol–water partition coefficient (Wildman–Crippen LogP) is 5.71. The van der Waals surface area contributed by atoms with Gasteiger partial charge in [-0.1, -0.05) is 24.3 Å². The van der Waals surface area contributed by atoms with Crippen molar-refractivity contribution in [3.63, 3.8) is 0 Å². The standard InChI is InChI=1S/C28H24FN5OS/c1-16-9-21(7-8-22(16)11-30)26-19(4)34(18(3)24(26)12-31)14-23-6-5-20(10-25(23)29)13-32-28(35)27-17(2)33-15-36-27/h5-10,15H,13-14H2,1-4H3,(H,32,35). The lowest BCUT2D eigenvalue weighted by molar-refractivity contribution is 0.0954. The number of nitrogens with zero attached hydrogens (tertiary/aromatic N) is 4. The second-order valence-electron chi connectivity index (χ2n) is 8.64. The summed E-state index contributed by atoms with van der Waals surface area (Å²) >= 11 is 1.27. The molecule has 2 heterocycles. The van der Waals surface area contributed by atoms with Gasteiger partial charge in [-0.15, -0.1) is 11.3 Å². The minimum Gasteiger partial charge on any atom is -0.347 e. The highest BCUT2D eigenvalue weighted by Gasteiger charge is 2.20. The van der Waals surface area contributed by atoms with E-state index in [1.54, 1.807) is 30.6 Å². The molecule has 0 atom stereocenters. The Balaban J connectivity index is 1.59. The van der Waals surface area contributed by atoms with Gasteiger partial charge in [-0.2, -0.15) is 10.5 Å². The molecule has 0 saturated carbocycles. The van der Waals surface area contributed by atoms with Gasteiger partial charge in [-0.05, 0) is 56.5 Å². The van der Waals surface area contributed by atoms with Gasteiger partial charge in [0.15, 0.2) is 0 Å². The van der Waals surface area contributed by atoms with Crippen molar-refractivity contribution in [2.45, 2.75) is 40.8 Å². The Morgan fingerprint density at radius 1 is 1.08 bits per heavy atom. The third-order valence-corrected chi connectivity index (χ3v) is 7.31. The van der Waals surface area contributed by atoms with Gasteiger partial charge in [0.1, 0.15) is 16.8 Å². The minimum absolute atomic E-state index is 0.204. The summed E-state index contributed by atoms with van der Waals surface area (Å²) < 4.78 is 17.0. The zero-order valence-electron chi connectivity index (χ0n) is 20.4. The smallest absolute Gasteiger partial charge is 0.263 e. The van der Waals surface area contributed by atoms with Crippen LogP contribution < -0.4 is 5.32 Å². The highest BCUT2D eigenvalue weighted by molar-refractivity contribution is 7.11. The number of hydrogen-bond donors (Lipinski definition) is 1. The number of carbonyl (C=O) groups excluding carboxylic acids is 1. The van der Waals surface area contributed by atoms with Crippen LogP contribution in [-0.2, 0) is 13.1 Å². The number of amides is 1. The number of halogens is 1. The molecule has 1 amide bonds. The lowest BCUT2D eigenvalue weighted by atomic mass is 9.97. The van der Waals surface area contributed by atoms with E-state index in [1.807, 2.05) is 37.5 Å². The van der Waals surface area contributed by atoms with Crippen LogP contribution in [0.25, 0.3) is 11.1 Å². The SMILES string of the molecule is Cc1cc(-c2c(C#N)c(C)n(Cc3ccc(CNC(=O)c4scnc4C)cc3F)c2C)ccc1C#N. The van der Waals surface area contributed by atoms with Crippen LogP contribution in [0, 0.1) is 56.2 Å². The Morgan fingerprint density at radius 3 is 2.47 bits per heavy atom. The summed E-state index contributed by atoms with van der Waals surface area (Å²) in [6, 6.07) is 14.9. The first-order valence-corrected chi connectivity index (χ1v) is 12.2. The highest BCUT2D eigenvalue weighted by atomic mass is 32.1. The van der Waals surface area contributed by atoms with Crippen molar-refractivity contribution < 1.29 is 9.18 Å². The maximum Gasteiger partial charge on any atom is 0.263 e. The second-order valence-corrected chi connectivity index (χ2v) is 9.49. The normalized spacial score (nSPS) is 10.6. The first kappa shape index (κ1) is 24.8. The summed E-state index contributed by atoms with van der Waals surface area (Å²) in [5.74, 6) is -0.606. The van der Waals surface area contributed by atoms with Crippen LogP contribution >= 0.6 is 11.3 Å². The third-order valence-electron chi connectivity index (χ3n) is 6.38. The van der Waals surface area contributed by atoms with Crippen LogP contribution in [0.2, 0.25) is 0 Å². The molecule has 1 N–H and O–H groups in total. The van der Waals surface area contributed by atoms with Gasteiger partial charge in [0.25, 0.3) is 5.91 Å². The largest absolute Gasteiger partial charge is 0.347 e. The first-order valence-electron chi connectivity index (χ1n) is 11.3. The molecule has 8 heteroatoms. The summed E-state index contributed by atoms with van der Waals surface area (Å²) in [6.45, 7) is 7.88. The number of aryl methyl sites for hydroxylation is 2. The van der Waals surface area contributed by atoms with Gasteiger partial charge in [0.05, 0.1) is 34.9 Å². The van der Waals surface area contributed by atoms with Gasteiger partial charge >= 0.3 is 0 Å². The lowest BCUT2D eigenvalue weighted by Crippen LogP contribution is -2.22. The number of benzene rings is 2. The molecular formula is C28H24FN5OS. The van der Waals surface area contributed by atoms with Crippen molar-refractivity contribution in [1.82, 2.24) is 14.9 Å². The van der Waals surface area contributed by atoms with E-state index in [4.69, 9.17) is 0 Å². The van der Waals surface area contributed by atoms with E-state index >= 15 is 4.39 Å². The number of nitriles is 2. The summed E-state index contributed by atoms with van der Waals surface area (Å²) in [6.07, 6.45) is 0. The first-order chi connectivity index (χ1) is 17.2. The van der Waals surface area contributed by atoms with Crippen LogP contribution in [0.4, 0.5) is 4.39 Å². The second kappa shape index (κ2) is 10.2. The number of aromatic nitrogens is 2. The number of thiazole rings is 1. The zero-order valence-corrected chi connectivity index (χ0v) is 21.3. The summed E-state index contributed by atoms with van der Waals surface area (Å²) in [5.41, 5.74) is 8.64. The van der Waals surface area contributed by atoms with Crippen LogP contribution in [0.1, 0.15) is 54.6 Å². The zero-order chi connectivity index (χ0) is 26.0. The van der Waals surface area contributed by atoms with E-state index in [0.29, 0.717) is 32.8 Å². The number of rotatable bonds is 6. The maximum atomic E-state index is 15.1. The Kier molecular flexibility index (Phi) is 7.00. The van der Waals surface area contributed by atoms with E-state index in [0.717, 1.165) is 28.1 Å². The van der Waals surface area contributed by atoms with E-state index in [-0.39, 0.29) is 24.8 Å². The average molecular weight is 498 g/mol. The number of nitrogens with one attached hydrogen (secondary N) is 1. The topological polar surface area (TPSA) is 94.5 Å². The molecule has 36 heavy (non-hydrogen) atoms. The fraction of sp³-hybridized carbons (Fsp3) is 0.214. The molecule has 0 aliphatic carbocycles. The van der Waals surface area contributed by atoms with Gasteiger partial charge in [-0.3, -0.25) is 4.79 Å². The van der Waals surface area contributed by atoms with Crippen LogP contribution in [0.5, 0.6) is 0 Å². The molecule has 0 radical (unpaired) electrons. The van der Waals surface area contributed by atoms with Crippen molar-refractivity contribution in [2.75, 3.05) is 0 Å². The lowest BCUT2D eigenvalue weighted by Gasteiger charge is -2.12. The van der Waals surface area contributed by atoms with Gasteiger partial charge in [0, 0.05) is 29.1 Å². The molecule has 2 aromatic carbocycles. The van der Waals surface area contributed by atoms with Crippen LogP contribution in [0.15, 0.2) is 41.9 Å². The summed E-state index contributed by atoms with van der Waals surface area (Å²) in [4.78, 5) is 17.0. The Bertz CT molecular complexity index is 1570. The monoisotopic (exact) mass is 497 g/mol. The van der Waals surface area contributed by atoms with Crippen LogP contribution in [0.3, 0.4) is 0 Å². The predicted molar refractivity (Wildman–Crippen MR) is 137 cm³/mol. The van der Waals surface area contributed by atoms with Gasteiger partial charge in [0.2, 0.25) is 0 Å².